The fraction of sp³-hybridized carbons (Fsp3) is 0.444. The van der Waals surface area contributed by atoms with E-state index in [0.717, 1.165) is 43.7 Å². The van der Waals surface area contributed by atoms with Crippen LogP contribution in [0.2, 0.25) is 0 Å². The van der Waals surface area contributed by atoms with E-state index < -0.39 is 0 Å². The van der Waals surface area contributed by atoms with Gasteiger partial charge in [-0.2, -0.15) is 5.10 Å². The molecule has 3 rings (SSSR count). The van der Waals surface area contributed by atoms with Crippen molar-refractivity contribution in [2.45, 2.75) is 38.7 Å². The Bertz CT molecular complexity index is 646. The minimum atomic E-state index is -0.0638. The molecule has 1 aromatic heterocycles. The van der Waals surface area contributed by atoms with Crippen LogP contribution in [-0.4, -0.2) is 34.9 Å². The van der Waals surface area contributed by atoms with Crippen molar-refractivity contribution in [3.63, 3.8) is 0 Å². The Labute approximate surface area is 136 Å². The second kappa shape index (κ2) is 7.42. The first-order valence-electron chi connectivity index (χ1n) is 8.31. The van der Waals surface area contributed by atoms with Gasteiger partial charge in [0.05, 0.1) is 29.2 Å². The van der Waals surface area contributed by atoms with Crippen molar-refractivity contribution in [1.29, 1.82) is 0 Å². The van der Waals surface area contributed by atoms with E-state index in [1.807, 2.05) is 35.0 Å². The van der Waals surface area contributed by atoms with E-state index in [-0.39, 0.29) is 12.0 Å². The van der Waals surface area contributed by atoms with Crippen LogP contribution in [0, 0.1) is 0 Å². The molecule has 1 aliphatic heterocycles. The molecule has 2 heterocycles. The number of ether oxygens (including phenoxy) is 1. The first-order valence-corrected chi connectivity index (χ1v) is 8.31. The highest BCUT2D eigenvalue weighted by Gasteiger charge is 2.20. The number of carbonyl (C=O) groups excluding carboxylic acids is 1. The topological polar surface area (TPSA) is 56.1 Å². The van der Waals surface area contributed by atoms with Crippen LogP contribution in [0.5, 0.6) is 0 Å². The summed E-state index contributed by atoms with van der Waals surface area (Å²) in [6.07, 6.45) is 5.70. The number of para-hydroxylation sites is 1. The Morgan fingerprint density at radius 1 is 1.39 bits per heavy atom. The summed E-state index contributed by atoms with van der Waals surface area (Å²) in [6, 6.07) is 9.93. The van der Waals surface area contributed by atoms with Crippen molar-refractivity contribution in [3.8, 4) is 5.69 Å². The van der Waals surface area contributed by atoms with Gasteiger partial charge in [-0.15, -0.1) is 0 Å². The summed E-state index contributed by atoms with van der Waals surface area (Å²) in [5.74, 6) is -0.0638. The first kappa shape index (κ1) is 15.7. The zero-order chi connectivity index (χ0) is 16.1. The standard InChI is InChI=1S/C18H23N3O2/c1-2-7-17-16(18(22)19-12-15-10-6-11-23-15)13-20-21(17)14-8-4-3-5-9-14/h3-5,8-9,13,15H,2,6-7,10-12H2,1H3,(H,19,22)/t15-/m0/s1. The lowest BCUT2D eigenvalue weighted by molar-refractivity contribution is 0.0857. The van der Waals surface area contributed by atoms with Gasteiger partial charge in [0.2, 0.25) is 0 Å². The highest BCUT2D eigenvalue weighted by Crippen LogP contribution is 2.17. The van der Waals surface area contributed by atoms with Gasteiger partial charge in [0, 0.05) is 13.2 Å². The molecule has 1 N–H and O–H groups in total. The van der Waals surface area contributed by atoms with E-state index in [0.29, 0.717) is 12.1 Å². The predicted molar refractivity (Wildman–Crippen MR) is 88.9 cm³/mol. The van der Waals surface area contributed by atoms with Crippen LogP contribution in [0.25, 0.3) is 5.69 Å². The molecule has 0 unspecified atom stereocenters. The van der Waals surface area contributed by atoms with Gasteiger partial charge in [-0.3, -0.25) is 4.79 Å². The minimum Gasteiger partial charge on any atom is -0.376 e. The third kappa shape index (κ3) is 3.62. The maximum Gasteiger partial charge on any atom is 0.254 e. The molecule has 0 aliphatic carbocycles. The second-order valence-corrected chi connectivity index (χ2v) is 5.85. The van der Waals surface area contributed by atoms with Crippen molar-refractivity contribution >= 4 is 5.91 Å². The van der Waals surface area contributed by atoms with Gasteiger partial charge in [-0.25, -0.2) is 4.68 Å². The summed E-state index contributed by atoms with van der Waals surface area (Å²) < 4.78 is 7.42. The number of hydrogen-bond donors (Lipinski definition) is 1. The van der Waals surface area contributed by atoms with E-state index in [9.17, 15) is 4.79 Å². The molecule has 1 atom stereocenters. The quantitative estimate of drug-likeness (QED) is 0.892. The summed E-state index contributed by atoms with van der Waals surface area (Å²) in [7, 11) is 0. The average Bonchev–Trinajstić information content (AvgIpc) is 3.23. The highest BCUT2D eigenvalue weighted by molar-refractivity contribution is 5.95. The third-order valence-electron chi connectivity index (χ3n) is 4.12. The Balaban J connectivity index is 1.78. The van der Waals surface area contributed by atoms with Gasteiger partial charge >= 0.3 is 0 Å². The number of nitrogens with zero attached hydrogens (tertiary/aromatic N) is 2. The molecule has 1 saturated heterocycles. The lowest BCUT2D eigenvalue weighted by Crippen LogP contribution is -2.32. The summed E-state index contributed by atoms with van der Waals surface area (Å²) in [4.78, 5) is 12.5. The molecule has 5 nitrogen and oxygen atoms in total. The van der Waals surface area contributed by atoms with Gasteiger partial charge < -0.3 is 10.1 Å². The highest BCUT2D eigenvalue weighted by atomic mass is 16.5. The van der Waals surface area contributed by atoms with Crippen LogP contribution in [0.3, 0.4) is 0 Å². The van der Waals surface area contributed by atoms with E-state index in [2.05, 4.69) is 17.3 Å². The SMILES string of the molecule is CCCc1c(C(=O)NC[C@@H]2CCCO2)cnn1-c1ccccc1. The summed E-state index contributed by atoms with van der Waals surface area (Å²) >= 11 is 0. The fourth-order valence-corrected chi connectivity index (χ4v) is 2.94. The molecule has 0 radical (unpaired) electrons. The fourth-order valence-electron chi connectivity index (χ4n) is 2.94. The molecule has 1 fully saturated rings. The molecule has 1 aliphatic rings. The molecule has 5 heteroatoms. The van der Waals surface area contributed by atoms with Crippen molar-refractivity contribution in [2.24, 2.45) is 0 Å². The van der Waals surface area contributed by atoms with E-state index in [1.54, 1.807) is 6.20 Å². The van der Waals surface area contributed by atoms with Crippen LogP contribution in [0.15, 0.2) is 36.5 Å². The average molecular weight is 313 g/mol. The van der Waals surface area contributed by atoms with Crippen molar-refractivity contribution in [1.82, 2.24) is 15.1 Å². The van der Waals surface area contributed by atoms with Crippen LogP contribution in [-0.2, 0) is 11.2 Å². The minimum absolute atomic E-state index is 0.0638. The Kier molecular flexibility index (Phi) is 5.08. The maximum absolute atomic E-state index is 12.5. The molecule has 1 amide bonds. The van der Waals surface area contributed by atoms with Crippen molar-refractivity contribution in [3.05, 3.63) is 47.8 Å². The van der Waals surface area contributed by atoms with Gasteiger partial charge in [0.25, 0.3) is 5.91 Å². The van der Waals surface area contributed by atoms with E-state index in [1.165, 1.54) is 0 Å². The van der Waals surface area contributed by atoms with Crippen LogP contribution in [0.4, 0.5) is 0 Å². The number of benzene rings is 1. The Hall–Kier alpha value is -2.14. The summed E-state index contributed by atoms with van der Waals surface area (Å²) in [6.45, 7) is 3.48. The number of amides is 1. The van der Waals surface area contributed by atoms with Gasteiger partial charge in [0.15, 0.2) is 0 Å². The lowest BCUT2D eigenvalue weighted by atomic mass is 10.1. The largest absolute Gasteiger partial charge is 0.376 e. The van der Waals surface area contributed by atoms with Crippen molar-refractivity contribution in [2.75, 3.05) is 13.2 Å². The van der Waals surface area contributed by atoms with Gasteiger partial charge in [-0.05, 0) is 31.4 Å². The Morgan fingerprint density at radius 2 is 2.22 bits per heavy atom. The molecule has 1 aromatic carbocycles. The molecular weight excluding hydrogens is 290 g/mol. The first-order chi connectivity index (χ1) is 11.3. The summed E-state index contributed by atoms with van der Waals surface area (Å²) in [5.41, 5.74) is 2.60. The van der Waals surface area contributed by atoms with Gasteiger partial charge in [0.1, 0.15) is 0 Å². The molecule has 0 spiro atoms. The normalized spacial score (nSPS) is 17.3. The molecule has 0 bridgehead atoms. The van der Waals surface area contributed by atoms with Gasteiger partial charge in [-0.1, -0.05) is 31.5 Å². The zero-order valence-electron chi connectivity index (χ0n) is 13.5. The zero-order valence-corrected chi connectivity index (χ0v) is 13.5. The second-order valence-electron chi connectivity index (χ2n) is 5.85. The molecular formula is C18H23N3O2. The number of aromatic nitrogens is 2. The number of rotatable bonds is 6. The molecule has 122 valence electrons. The molecule has 23 heavy (non-hydrogen) atoms. The number of hydrogen-bond acceptors (Lipinski definition) is 3. The number of nitrogens with one attached hydrogen (secondary N) is 1. The van der Waals surface area contributed by atoms with Crippen LogP contribution in [0.1, 0.15) is 42.2 Å². The summed E-state index contributed by atoms with van der Waals surface area (Å²) in [5, 5.41) is 7.42. The Morgan fingerprint density at radius 3 is 2.91 bits per heavy atom. The van der Waals surface area contributed by atoms with Crippen molar-refractivity contribution < 1.29 is 9.53 Å². The van der Waals surface area contributed by atoms with Crippen LogP contribution >= 0.6 is 0 Å². The third-order valence-corrected chi connectivity index (χ3v) is 4.12. The smallest absolute Gasteiger partial charge is 0.254 e. The maximum atomic E-state index is 12.5. The monoisotopic (exact) mass is 313 g/mol. The molecule has 0 saturated carbocycles. The van der Waals surface area contributed by atoms with E-state index >= 15 is 0 Å². The van der Waals surface area contributed by atoms with Crippen LogP contribution < -0.4 is 5.32 Å². The predicted octanol–water partition coefficient (Wildman–Crippen LogP) is 2.73. The van der Waals surface area contributed by atoms with E-state index in [4.69, 9.17) is 4.74 Å². The molecule has 2 aromatic rings. The number of carbonyl (C=O) groups is 1. The lowest BCUT2D eigenvalue weighted by Gasteiger charge is -2.12.